The zero-order valence-electron chi connectivity index (χ0n) is 17.3. The number of nitrogens with zero attached hydrogens (tertiary/aromatic N) is 3. The number of hydrazone groups is 1. The van der Waals surface area contributed by atoms with Crippen molar-refractivity contribution in [3.63, 3.8) is 0 Å². The van der Waals surface area contributed by atoms with Gasteiger partial charge in [0.1, 0.15) is 5.71 Å². The molecule has 1 atom stereocenters. The Labute approximate surface area is 176 Å². The van der Waals surface area contributed by atoms with E-state index in [0.717, 1.165) is 17.4 Å². The second kappa shape index (κ2) is 8.79. The van der Waals surface area contributed by atoms with Gasteiger partial charge in [0.2, 0.25) is 5.91 Å². The van der Waals surface area contributed by atoms with Gasteiger partial charge in [-0.3, -0.25) is 9.59 Å². The molecule has 30 heavy (non-hydrogen) atoms. The second-order valence-electron chi connectivity index (χ2n) is 7.42. The van der Waals surface area contributed by atoms with Gasteiger partial charge in [0.15, 0.2) is 9.84 Å². The van der Waals surface area contributed by atoms with Crippen LogP contribution < -0.4 is 0 Å². The lowest BCUT2D eigenvalue weighted by molar-refractivity contribution is -0.132. The van der Waals surface area contributed by atoms with E-state index in [-0.39, 0.29) is 29.2 Å². The van der Waals surface area contributed by atoms with Gasteiger partial charge in [-0.2, -0.15) is 5.10 Å². The second-order valence-corrected chi connectivity index (χ2v) is 9.43. The Morgan fingerprint density at radius 2 is 1.73 bits per heavy atom. The van der Waals surface area contributed by atoms with Gasteiger partial charge < -0.3 is 4.90 Å². The maximum absolute atomic E-state index is 13.0. The first-order valence-electron chi connectivity index (χ1n) is 9.66. The van der Waals surface area contributed by atoms with Gasteiger partial charge in [-0.25, -0.2) is 13.4 Å². The van der Waals surface area contributed by atoms with Gasteiger partial charge in [0.05, 0.1) is 17.5 Å². The van der Waals surface area contributed by atoms with E-state index in [4.69, 9.17) is 0 Å². The quantitative estimate of drug-likeness (QED) is 0.709. The minimum atomic E-state index is -3.27. The summed E-state index contributed by atoms with van der Waals surface area (Å²) in [7, 11) is -1.59. The molecular weight excluding hydrogens is 402 g/mol. The van der Waals surface area contributed by atoms with Crippen molar-refractivity contribution in [3.8, 4) is 0 Å². The normalized spacial score (nSPS) is 15.5. The Morgan fingerprint density at radius 3 is 2.33 bits per heavy atom. The number of rotatable bonds is 6. The average Bonchev–Trinajstić information content (AvgIpc) is 2.74. The molecule has 158 valence electrons. The minimum Gasteiger partial charge on any atom is -0.334 e. The van der Waals surface area contributed by atoms with E-state index in [1.165, 1.54) is 17.1 Å². The molecule has 0 bridgehead atoms. The predicted molar refractivity (Wildman–Crippen MR) is 114 cm³/mol. The van der Waals surface area contributed by atoms with Crippen LogP contribution in [0, 0.1) is 0 Å². The summed E-state index contributed by atoms with van der Waals surface area (Å²) in [6.07, 6.45) is 1.69. The first-order chi connectivity index (χ1) is 14.2. The molecule has 3 rings (SSSR count). The van der Waals surface area contributed by atoms with Gasteiger partial charge in [-0.1, -0.05) is 42.5 Å². The van der Waals surface area contributed by atoms with E-state index in [1.807, 2.05) is 37.3 Å². The number of sulfone groups is 1. The molecular formula is C22H25N3O4S. The lowest BCUT2D eigenvalue weighted by Gasteiger charge is -2.29. The molecule has 7 nitrogen and oxygen atoms in total. The Hall–Kier alpha value is -3.00. The predicted octanol–water partition coefficient (Wildman–Crippen LogP) is 2.79. The van der Waals surface area contributed by atoms with Gasteiger partial charge in [-0.05, 0) is 30.2 Å². The fourth-order valence-electron chi connectivity index (χ4n) is 3.23. The van der Waals surface area contributed by atoms with Gasteiger partial charge in [0, 0.05) is 26.1 Å². The van der Waals surface area contributed by atoms with Gasteiger partial charge in [0.25, 0.3) is 5.91 Å². The lowest BCUT2D eigenvalue weighted by Crippen LogP contribution is -2.40. The maximum Gasteiger partial charge on any atom is 0.270 e. The van der Waals surface area contributed by atoms with Crippen molar-refractivity contribution in [2.45, 2.75) is 37.2 Å². The highest BCUT2D eigenvalue weighted by atomic mass is 32.2. The molecule has 0 spiro atoms. The van der Waals surface area contributed by atoms with Crippen molar-refractivity contribution in [2.75, 3.05) is 13.3 Å². The standard InChI is InChI=1S/C22H25N3O4S/c1-16(18-9-11-19(12-10-18)30(3,28)29)24(2)22(27)20-13-14-21(26)25(23-20)15-17-7-5-4-6-8-17/h4-12,16H,13-15H2,1-3H3. The molecule has 2 aromatic carbocycles. The lowest BCUT2D eigenvalue weighted by atomic mass is 10.1. The van der Waals surface area contributed by atoms with Crippen molar-refractivity contribution >= 4 is 27.4 Å². The summed E-state index contributed by atoms with van der Waals surface area (Å²) < 4.78 is 23.3. The fraction of sp³-hybridized carbons (Fsp3) is 0.318. The largest absolute Gasteiger partial charge is 0.334 e. The highest BCUT2D eigenvalue weighted by molar-refractivity contribution is 7.90. The van der Waals surface area contributed by atoms with E-state index in [0.29, 0.717) is 18.7 Å². The van der Waals surface area contributed by atoms with Crippen LogP contribution in [0.1, 0.15) is 36.9 Å². The Bertz CT molecular complexity index is 1060. The van der Waals surface area contributed by atoms with Gasteiger partial charge >= 0.3 is 0 Å². The highest BCUT2D eigenvalue weighted by Crippen LogP contribution is 2.23. The van der Waals surface area contributed by atoms with Crippen molar-refractivity contribution in [1.29, 1.82) is 0 Å². The average molecular weight is 428 g/mol. The number of benzene rings is 2. The van der Waals surface area contributed by atoms with E-state index in [9.17, 15) is 18.0 Å². The number of carbonyl (C=O) groups excluding carboxylic acids is 2. The molecule has 1 aliphatic heterocycles. The zero-order valence-corrected chi connectivity index (χ0v) is 18.1. The molecule has 1 heterocycles. The maximum atomic E-state index is 13.0. The van der Waals surface area contributed by atoms with Crippen LogP contribution in [0.4, 0.5) is 0 Å². The topological polar surface area (TPSA) is 87.1 Å². The first-order valence-corrected chi connectivity index (χ1v) is 11.5. The van der Waals surface area contributed by atoms with Crippen molar-refractivity contribution < 1.29 is 18.0 Å². The molecule has 8 heteroatoms. The summed E-state index contributed by atoms with van der Waals surface area (Å²) in [5.41, 5.74) is 2.09. The number of carbonyl (C=O) groups is 2. The highest BCUT2D eigenvalue weighted by Gasteiger charge is 2.28. The molecule has 0 N–H and O–H groups in total. The Morgan fingerprint density at radius 1 is 1.10 bits per heavy atom. The number of hydrogen-bond donors (Lipinski definition) is 0. The summed E-state index contributed by atoms with van der Waals surface area (Å²) in [5, 5.41) is 5.68. The molecule has 0 radical (unpaired) electrons. The smallest absolute Gasteiger partial charge is 0.270 e. The van der Waals surface area contributed by atoms with Crippen LogP contribution in [0.2, 0.25) is 0 Å². The molecule has 2 aromatic rings. The SMILES string of the molecule is CC(c1ccc(S(C)(=O)=O)cc1)N(C)C(=O)C1=NN(Cc2ccccc2)C(=O)CC1. The molecule has 0 aromatic heterocycles. The van der Waals surface area contributed by atoms with Gasteiger partial charge in [-0.15, -0.1) is 0 Å². The molecule has 0 saturated carbocycles. The van der Waals surface area contributed by atoms with Crippen LogP contribution in [-0.2, 0) is 26.0 Å². The van der Waals surface area contributed by atoms with Crippen LogP contribution in [0.5, 0.6) is 0 Å². The van der Waals surface area contributed by atoms with Crippen molar-refractivity contribution in [2.24, 2.45) is 5.10 Å². The molecule has 0 saturated heterocycles. The van der Waals surface area contributed by atoms with Crippen LogP contribution in [0.25, 0.3) is 0 Å². The van der Waals surface area contributed by atoms with Crippen LogP contribution in [0.3, 0.4) is 0 Å². The number of amides is 2. The Balaban J connectivity index is 1.75. The van der Waals surface area contributed by atoms with Crippen molar-refractivity contribution in [3.05, 3.63) is 65.7 Å². The third-order valence-corrected chi connectivity index (χ3v) is 6.35. The Kier molecular flexibility index (Phi) is 6.36. The summed E-state index contributed by atoms with van der Waals surface area (Å²) >= 11 is 0. The molecule has 1 unspecified atom stereocenters. The molecule has 2 amide bonds. The van der Waals surface area contributed by atoms with E-state index in [2.05, 4.69) is 5.10 Å². The van der Waals surface area contributed by atoms with Crippen molar-refractivity contribution in [1.82, 2.24) is 9.91 Å². The molecule has 1 aliphatic rings. The first kappa shape index (κ1) is 21.7. The summed E-state index contributed by atoms with van der Waals surface area (Å²) in [6, 6.07) is 15.7. The van der Waals surface area contributed by atoms with Crippen LogP contribution in [0.15, 0.2) is 64.6 Å². The summed E-state index contributed by atoms with van der Waals surface area (Å²) in [4.78, 5) is 27.1. The summed E-state index contributed by atoms with van der Waals surface area (Å²) in [6.45, 7) is 2.19. The zero-order chi connectivity index (χ0) is 21.9. The van der Waals surface area contributed by atoms with E-state index < -0.39 is 9.84 Å². The third-order valence-electron chi connectivity index (χ3n) is 5.22. The monoisotopic (exact) mass is 427 g/mol. The fourth-order valence-corrected chi connectivity index (χ4v) is 3.86. The van der Waals surface area contributed by atoms with E-state index >= 15 is 0 Å². The summed E-state index contributed by atoms with van der Waals surface area (Å²) in [5.74, 6) is -0.359. The molecule has 0 fully saturated rings. The third kappa shape index (κ3) is 4.94. The number of hydrogen-bond acceptors (Lipinski definition) is 5. The minimum absolute atomic E-state index is 0.109. The van der Waals surface area contributed by atoms with Crippen LogP contribution in [-0.4, -0.2) is 49.2 Å². The van der Waals surface area contributed by atoms with Crippen LogP contribution >= 0.6 is 0 Å². The molecule has 0 aliphatic carbocycles. The van der Waals surface area contributed by atoms with E-state index in [1.54, 1.807) is 24.1 Å².